The van der Waals surface area contributed by atoms with Gasteiger partial charge in [0.25, 0.3) is 0 Å². The van der Waals surface area contributed by atoms with Crippen molar-refractivity contribution >= 4 is 22.8 Å². The van der Waals surface area contributed by atoms with Crippen LogP contribution in [0.4, 0.5) is 0 Å². The van der Waals surface area contributed by atoms with Gasteiger partial charge >= 0.3 is 0 Å². The smallest absolute Gasteiger partial charge is 0.222 e. The van der Waals surface area contributed by atoms with Crippen LogP contribution < -0.4 is 0 Å². The molecule has 0 saturated carbocycles. The topological polar surface area (TPSA) is 87.2 Å². The van der Waals surface area contributed by atoms with Gasteiger partial charge in [-0.25, -0.2) is 4.98 Å². The maximum Gasteiger partial charge on any atom is 0.222 e. The average Bonchev–Trinajstić information content (AvgIpc) is 3.05. The zero-order chi connectivity index (χ0) is 17.1. The summed E-state index contributed by atoms with van der Waals surface area (Å²) in [6, 6.07) is 9.21. The summed E-state index contributed by atoms with van der Waals surface area (Å²) in [5.41, 5.74) is 1.19. The Balaban J connectivity index is 1.81. The Morgan fingerprint density at radius 3 is 2.96 bits per heavy atom. The maximum absolute atomic E-state index is 12.8. The average molecular weight is 325 g/mol. The Morgan fingerprint density at radius 1 is 1.46 bits per heavy atom. The van der Waals surface area contributed by atoms with E-state index in [9.17, 15) is 14.9 Å². The molecule has 0 aliphatic carbocycles. The van der Waals surface area contributed by atoms with E-state index in [1.165, 1.54) is 0 Å². The van der Waals surface area contributed by atoms with Crippen molar-refractivity contribution in [3.8, 4) is 6.07 Å². The molecule has 2 heterocycles. The number of nitriles is 1. The number of aromatic nitrogens is 1. The number of rotatable bonds is 4. The standard InChI is InChI=1S/C18H19N3O3/c1-2-16(22)21-9-5-6-12(11-21)17(23)13(10-19)18-20-14-7-3-4-8-15(14)24-18/h3-4,7-8,12-13H,2,5-6,9,11H2,1H3/t12-,13+/m0/s1. The van der Waals surface area contributed by atoms with Gasteiger partial charge in [0.2, 0.25) is 11.8 Å². The SMILES string of the molecule is CCC(=O)N1CCC[C@H](C(=O)[C@@H](C#N)c2nc3ccccc3o2)C1. The van der Waals surface area contributed by atoms with Crippen LogP contribution >= 0.6 is 0 Å². The van der Waals surface area contributed by atoms with Crippen molar-refractivity contribution in [3.05, 3.63) is 30.2 Å². The number of amides is 1. The van der Waals surface area contributed by atoms with Crippen LogP contribution in [0.15, 0.2) is 28.7 Å². The minimum atomic E-state index is -1.03. The summed E-state index contributed by atoms with van der Waals surface area (Å²) in [6.45, 7) is 2.87. The summed E-state index contributed by atoms with van der Waals surface area (Å²) in [5, 5.41) is 9.48. The number of para-hydroxylation sites is 2. The summed E-state index contributed by atoms with van der Waals surface area (Å²) >= 11 is 0. The van der Waals surface area contributed by atoms with E-state index in [0.717, 1.165) is 6.42 Å². The van der Waals surface area contributed by atoms with Crippen molar-refractivity contribution in [1.82, 2.24) is 9.88 Å². The molecule has 1 aromatic heterocycles. The van der Waals surface area contributed by atoms with Crippen LogP contribution in [0.5, 0.6) is 0 Å². The number of hydrogen-bond donors (Lipinski definition) is 0. The van der Waals surface area contributed by atoms with Crippen molar-refractivity contribution in [2.45, 2.75) is 32.1 Å². The Bertz CT molecular complexity index is 772. The first kappa shape index (κ1) is 16.2. The predicted octanol–water partition coefficient (Wildman–Crippen LogP) is 2.65. The van der Waals surface area contributed by atoms with Gasteiger partial charge in [0.1, 0.15) is 5.52 Å². The van der Waals surface area contributed by atoms with Gasteiger partial charge in [0, 0.05) is 25.4 Å². The molecule has 2 aromatic rings. The predicted molar refractivity (Wildman–Crippen MR) is 87.0 cm³/mol. The second-order valence-corrected chi connectivity index (χ2v) is 6.02. The van der Waals surface area contributed by atoms with Crippen LogP contribution in [-0.2, 0) is 9.59 Å². The van der Waals surface area contributed by atoms with Crippen molar-refractivity contribution in [3.63, 3.8) is 0 Å². The first-order valence-electron chi connectivity index (χ1n) is 8.20. The van der Waals surface area contributed by atoms with Gasteiger partial charge in [-0.1, -0.05) is 19.1 Å². The third-order valence-corrected chi connectivity index (χ3v) is 4.45. The van der Waals surface area contributed by atoms with E-state index in [1.54, 1.807) is 17.0 Å². The molecule has 2 atom stereocenters. The van der Waals surface area contributed by atoms with Gasteiger partial charge in [0.15, 0.2) is 17.3 Å². The molecular formula is C18H19N3O3. The molecule has 3 rings (SSSR count). The molecule has 0 radical (unpaired) electrons. The molecular weight excluding hydrogens is 306 g/mol. The molecule has 0 N–H and O–H groups in total. The van der Waals surface area contributed by atoms with E-state index >= 15 is 0 Å². The molecule has 124 valence electrons. The zero-order valence-corrected chi connectivity index (χ0v) is 13.6. The molecule has 1 aromatic carbocycles. The van der Waals surface area contributed by atoms with Gasteiger partial charge in [-0.2, -0.15) is 5.26 Å². The summed E-state index contributed by atoms with van der Waals surface area (Å²) in [5.74, 6) is -1.39. The Morgan fingerprint density at radius 2 is 2.25 bits per heavy atom. The lowest BCUT2D eigenvalue weighted by Gasteiger charge is -2.32. The van der Waals surface area contributed by atoms with Crippen LogP contribution in [0.25, 0.3) is 11.1 Å². The highest BCUT2D eigenvalue weighted by molar-refractivity contribution is 5.91. The van der Waals surface area contributed by atoms with Crippen LogP contribution in [0.1, 0.15) is 38.0 Å². The Hall–Kier alpha value is -2.68. The lowest BCUT2D eigenvalue weighted by molar-refractivity contribution is -0.135. The molecule has 24 heavy (non-hydrogen) atoms. The van der Waals surface area contributed by atoms with E-state index in [1.807, 2.05) is 25.1 Å². The maximum atomic E-state index is 12.8. The van der Waals surface area contributed by atoms with Crippen molar-refractivity contribution in [1.29, 1.82) is 5.26 Å². The number of nitrogens with zero attached hydrogens (tertiary/aromatic N) is 3. The van der Waals surface area contributed by atoms with Crippen molar-refractivity contribution in [2.75, 3.05) is 13.1 Å². The minimum absolute atomic E-state index is 0.0443. The largest absolute Gasteiger partial charge is 0.439 e. The van der Waals surface area contributed by atoms with Gasteiger partial charge in [0.05, 0.1) is 6.07 Å². The number of Topliss-reactive ketones (excluding diaryl/α,β-unsaturated/α-hetero) is 1. The minimum Gasteiger partial charge on any atom is -0.439 e. The lowest BCUT2D eigenvalue weighted by Crippen LogP contribution is -2.43. The highest BCUT2D eigenvalue weighted by atomic mass is 16.3. The molecule has 6 nitrogen and oxygen atoms in total. The van der Waals surface area contributed by atoms with E-state index in [4.69, 9.17) is 4.42 Å². The van der Waals surface area contributed by atoms with Crippen LogP contribution in [0.2, 0.25) is 0 Å². The summed E-state index contributed by atoms with van der Waals surface area (Å²) in [6.07, 6.45) is 1.88. The summed E-state index contributed by atoms with van der Waals surface area (Å²) < 4.78 is 5.59. The molecule has 6 heteroatoms. The van der Waals surface area contributed by atoms with Crippen LogP contribution in [0.3, 0.4) is 0 Å². The Labute approximate surface area is 140 Å². The number of benzene rings is 1. The third kappa shape index (κ3) is 3.02. The van der Waals surface area contributed by atoms with Crippen molar-refractivity contribution < 1.29 is 14.0 Å². The number of hydrogen-bond acceptors (Lipinski definition) is 5. The van der Waals surface area contributed by atoms with Crippen LogP contribution in [0, 0.1) is 17.2 Å². The zero-order valence-electron chi connectivity index (χ0n) is 13.6. The number of carbonyl (C=O) groups excluding carboxylic acids is 2. The van der Waals surface area contributed by atoms with E-state index in [0.29, 0.717) is 37.0 Å². The molecule has 1 saturated heterocycles. The monoisotopic (exact) mass is 325 g/mol. The normalized spacial score (nSPS) is 19.0. The quantitative estimate of drug-likeness (QED) is 0.862. The number of piperidine rings is 1. The fourth-order valence-corrected chi connectivity index (χ4v) is 3.15. The fourth-order valence-electron chi connectivity index (χ4n) is 3.15. The highest BCUT2D eigenvalue weighted by Gasteiger charge is 2.35. The van der Waals surface area contributed by atoms with E-state index in [2.05, 4.69) is 4.98 Å². The first-order chi connectivity index (χ1) is 11.6. The second-order valence-electron chi connectivity index (χ2n) is 6.02. The molecule has 0 unspecified atom stereocenters. The lowest BCUT2D eigenvalue weighted by atomic mass is 9.87. The fraction of sp³-hybridized carbons (Fsp3) is 0.444. The highest BCUT2D eigenvalue weighted by Crippen LogP contribution is 2.28. The summed E-state index contributed by atoms with van der Waals surface area (Å²) in [4.78, 5) is 30.7. The summed E-state index contributed by atoms with van der Waals surface area (Å²) in [7, 11) is 0. The second kappa shape index (κ2) is 6.83. The van der Waals surface area contributed by atoms with Gasteiger partial charge in [-0.3, -0.25) is 9.59 Å². The first-order valence-corrected chi connectivity index (χ1v) is 8.20. The number of fused-ring (bicyclic) bond motifs is 1. The van der Waals surface area contributed by atoms with Crippen LogP contribution in [-0.4, -0.2) is 34.7 Å². The number of carbonyl (C=O) groups is 2. The molecule has 1 aliphatic rings. The van der Waals surface area contributed by atoms with E-state index < -0.39 is 5.92 Å². The molecule has 0 bridgehead atoms. The molecule has 1 fully saturated rings. The van der Waals surface area contributed by atoms with Gasteiger partial charge < -0.3 is 9.32 Å². The number of likely N-dealkylation sites (tertiary alicyclic amines) is 1. The Kier molecular flexibility index (Phi) is 4.61. The van der Waals surface area contributed by atoms with E-state index in [-0.39, 0.29) is 23.5 Å². The molecule has 0 spiro atoms. The molecule has 1 aliphatic heterocycles. The van der Waals surface area contributed by atoms with Gasteiger partial charge in [-0.15, -0.1) is 0 Å². The number of ketones is 1. The molecule has 1 amide bonds. The third-order valence-electron chi connectivity index (χ3n) is 4.45. The van der Waals surface area contributed by atoms with Crippen molar-refractivity contribution in [2.24, 2.45) is 5.92 Å². The number of oxazole rings is 1. The van der Waals surface area contributed by atoms with Gasteiger partial charge in [-0.05, 0) is 25.0 Å².